The molecule has 0 spiro atoms. The lowest BCUT2D eigenvalue weighted by atomic mass is 9.83. The van der Waals surface area contributed by atoms with Crippen LogP contribution >= 0.6 is 0 Å². The normalized spacial score (nSPS) is 35.1. The predicted octanol–water partition coefficient (Wildman–Crippen LogP) is 2.34. The second-order valence-electron chi connectivity index (χ2n) is 5.46. The van der Waals surface area contributed by atoms with Gasteiger partial charge >= 0.3 is 5.97 Å². The van der Waals surface area contributed by atoms with Gasteiger partial charge in [-0.3, -0.25) is 4.79 Å². The van der Waals surface area contributed by atoms with Crippen LogP contribution in [0.5, 0.6) is 0 Å². The first-order chi connectivity index (χ1) is 8.50. The number of esters is 1. The molecule has 3 nitrogen and oxygen atoms in total. The first-order valence-corrected chi connectivity index (χ1v) is 6.32. The molecule has 3 atom stereocenters. The third-order valence-corrected chi connectivity index (χ3v) is 4.39. The highest BCUT2D eigenvalue weighted by atomic mass is 16.6. The van der Waals surface area contributed by atoms with Gasteiger partial charge in [0.05, 0.1) is 0 Å². The fourth-order valence-electron chi connectivity index (χ4n) is 3.43. The molecular formula is C15H16O3. The molecule has 1 heterocycles. The molecule has 0 aromatic carbocycles. The average molecular weight is 244 g/mol. The summed E-state index contributed by atoms with van der Waals surface area (Å²) >= 11 is 0. The van der Waals surface area contributed by atoms with Gasteiger partial charge in [-0.15, -0.1) is 0 Å². The Balaban J connectivity index is 2.10. The molecule has 1 saturated heterocycles. The Morgan fingerprint density at radius 3 is 2.78 bits per heavy atom. The van der Waals surface area contributed by atoms with Crippen LogP contribution < -0.4 is 0 Å². The topological polar surface area (TPSA) is 43.4 Å². The van der Waals surface area contributed by atoms with Gasteiger partial charge in [-0.05, 0) is 32.8 Å². The van der Waals surface area contributed by atoms with Crippen molar-refractivity contribution in [3.8, 4) is 0 Å². The minimum Gasteiger partial charge on any atom is -0.457 e. The Morgan fingerprint density at radius 1 is 1.33 bits per heavy atom. The lowest BCUT2D eigenvalue weighted by Crippen LogP contribution is -2.27. The summed E-state index contributed by atoms with van der Waals surface area (Å²) in [4.78, 5) is 23.7. The van der Waals surface area contributed by atoms with Gasteiger partial charge in [0, 0.05) is 23.0 Å². The fraction of sp³-hybridized carbons (Fsp3) is 0.467. The quantitative estimate of drug-likeness (QED) is 0.485. The van der Waals surface area contributed by atoms with Crippen molar-refractivity contribution in [1.82, 2.24) is 0 Å². The summed E-state index contributed by atoms with van der Waals surface area (Å²) in [6, 6.07) is 0. The highest BCUT2D eigenvalue weighted by molar-refractivity contribution is 6.09. The summed E-state index contributed by atoms with van der Waals surface area (Å²) in [6.07, 6.45) is 3.15. The van der Waals surface area contributed by atoms with Crippen LogP contribution in [0.15, 0.2) is 34.9 Å². The zero-order valence-electron chi connectivity index (χ0n) is 10.7. The van der Waals surface area contributed by atoms with E-state index in [1.54, 1.807) is 6.08 Å². The number of rotatable bonds is 0. The Morgan fingerprint density at radius 2 is 2.06 bits per heavy atom. The number of fused-ring (bicyclic) bond motifs is 3. The number of carbonyl (C=O) groups is 2. The molecule has 18 heavy (non-hydrogen) atoms. The molecule has 3 rings (SSSR count). The lowest BCUT2D eigenvalue weighted by Gasteiger charge is -2.23. The zero-order valence-corrected chi connectivity index (χ0v) is 10.7. The molecule has 0 aromatic rings. The summed E-state index contributed by atoms with van der Waals surface area (Å²) in [5, 5.41) is 0. The van der Waals surface area contributed by atoms with Gasteiger partial charge in [0.15, 0.2) is 5.78 Å². The Bertz CT molecular complexity index is 536. The molecule has 0 N–H and O–H groups in total. The monoisotopic (exact) mass is 244 g/mol. The van der Waals surface area contributed by atoms with Crippen molar-refractivity contribution < 1.29 is 14.3 Å². The molecule has 1 aliphatic heterocycles. The summed E-state index contributed by atoms with van der Waals surface area (Å²) in [7, 11) is 0. The molecule has 3 heteroatoms. The maximum Gasteiger partial charge on any atom is 0.334 e. The van der Waals surface area contributed by atoms with Crippen molar-refractivity contribution in [3.05, 3.63) is 34.9 Å². The van der Waals surface area contributed by atoms with E-state index < -0.39 is 0 Å². The fourth-order valence-corrected chi connectivity index (χ4v) is 3.43. The van der Waals surface area contributed by atoms with Gasteiger partial charge in [0.1, 0.15) is 6.10 Å². The van der Waals surface area contributed by atoms with Gasteiger partial charge in [-0.1, -0.05) is 17.7 Å². The molecule has 1 fully saturated rings. The maximum absolute atomic E-state index is 12.0. The van der Waals surface area contributed by atoms with Crippen LogP contribution in [-0.2, 0) is 14.3 Å². The Kier molecular flexibility index (Phi) is 2.34. The Labute approximate surface area is 106 Å². The van der Waals surface area contributed by atoms with E-state index in [0.717, 1.165) is 29.6 Å². The first-order valence-electron chi connectivity index (χ1n) is 6.32. The third kappa shape index (κ3) is 1.36. The smallest absolute Gasteiger partial charge is 0.334 e. The van der Waals surface area contributed by atoms with E-state index in [1.807, 2.05) is 13.8 Å². The molecule has 0 aromatic heterocycles. The standard InChI is InChI=1S/C15H16O3/c1-7-4-5-10-9(3)15(17)18-14(10)13-8(2)6-11(16)12(7)13/h6,10,13-14H,3-5H2,1-2H3/t10-,13+,14-/m0/s1. The van der Waals surface area contributed by atoms with Gasteiger partial charge in [0.2, 0.25) is 0 Å². The molecule has 0 saturated carbocycles. The number of ether oxygens (including phenoxy) is 1. The van der Waals surface area contributed by atoms with Crippen molar-refractivity contribution in [2.75, 3.05) is 0 Å². The molecule has 0 unspecified atom stereocenters. The minimum absolute atomic E-state index is 0.0480. The molecule has 0 amide bonds. The van der Waals surface area contributed by atoms with Crippen molar-refractivity contribution in [2.24, 2.45) is 11.8 Å². The summed E-state index contributed by atoms with van der Waals surface area (Å²) < 4.78 is 5.47. The molecule has 3 aliphatic rings. The summed E-state index contributed by atoms with van der Waals surface area (Å²) in [5.74, 6) is -0.197. The third-order valence-electron chi connectivity index (χ3n) is 4.39. The molecule has 2 aliphatic carbocycles. The van der Waals surface area contributed by atoms with Crippen LogP contribution in [-0.4, -0.2) is 17.9 Å². The van der Waals surface area contributed by atoms with Crippen LogP contribution in [0.3, 0.4) is 0 Å². The van der Waals surface area contributed by atoms with Gasteiger partial charge in [-0.2, -0.15) is 0 Å². The van der Waals surface area contributed by atoms with Crippen molar-refractivity contribution in [2.45, 2.75) is 32.8 Å². The first kappa shape index (κ1) is 11.5. The second kappa shape index (κ2) is 3.67. The van der Waals surface area contributed by atoms with Crippen LogP contribution in [0.4, 0.5) is 0 Å². The number of allylic oxidation sites excluding steroid dienone is 2. The maximum atomic E-state index is 12.0. The molecule has 94 valence electrons. The van der Waals surface area contributed by atoms with E-state index in [2.05, 4.69) is 6.58 Å². The number of carbonyl (C=O) groups excluding carboxylic acids is 2. The Hall–Kier alpha value is -1.64. The minimum atomic E-state index is -0.295. The van der Waals surface area contributed by atoms with Crippen molar-refractivity contribution >= 4 is 11.8 Å². The second-order valence-corrected chi connectivity index (χ2v) is 5.46. The highest BCUT2D eigenvalue weighted by Crippen LogP contribution is 2.47. The van der Waals surface area contributed by atoms with E-state index in [9.17, 15) is 9.59 Å². The predicted molar refractivity (Wildman–Crippen MR) is 66.7 cm³/mol. The zero-order chi connectivity index (χ0) is 13.0. The van der Waals surface area contributed by atoms with Crippen molar-refractivity contribution in [1.29, 1.82) is 0 Å². The number of hydrogen-bond acceptors (Lipinski definition) is 3. The number of hydrogen-bond donors (Lipinski definition) is 0. The van der Waals surface area contributed by atoms with Crippen LogP contribution in [0, 0.1) is 11.8 Å². The largest absolute Gasteiger partial charge is 0.457 e. The van der Waals surface area contributed by atoms with Crippen molar-refractivity contribution in [3.63, 3.8) is 0 Å². The van der Waals surface area contributed by atoms with Crippen LogP contribution in [0.25, 0.3) is 0 Å². The van der Waals surface area contributed by atoms with Gasteiger partial charge in [-0.25, -0.2) is 4.79 Å². The van der Waals surface area contributed by atoms with Crippen LogP contribution in [0.2, 0.25) is 0 Å². The molecule has 0 bridgehead atoms. The number of ketones is 1. The van der Waals surface area contributed by atoms with E-state index >= 15 is 0 Å². The summed E-state index contributed by atoms with van der Waals surface area (Å²) in [6.45, 7) is 7.80. The highest BCUT2D eigenvalue weighted by Gasteiger charge is 2.49. The van der Waals surface area contributed by atoms with E-state index in [0.29, 0.717) is 5.57 Å². The average Bonchev–Trinajstić information content (AvgIpc) is 2.68. The van der Waals surface area contributed by atoms with E-state index in [4.69, 9.17) is 4.74 Å². The van der Waals surface area contributed by atoms with E-state index in [1.165, 1.54) is 0 Å². The SMILES string of the molecule is C=C1C(=O)O[C@@H]2[C@@H]3C(C)=CC(=O)C3=C(C)CC[C@@H]12. The van der Waals surface area contributed by atoms with Gasteiger partial charge < -0.3 is 4.74 Å². The molecule has 0 radical (unpaired) electrons. The van der Waals surface area contributed by atoms with Crippen LogP contribution in [0.1, 0.15) is 26.7 Å². The van der Waals surface area contributed by atoms with E-state index in [-0.39, 0.29) is 29.7 Å². The van der Waals surface area contributed by atoms with Gasteiger partial charge in [0.25, 0.3) is 0 Å². The lowest BCUT2D eigenvalue weighted by molar-refractivity contribution is -0.140. The summed E-state index contributed by atoms with van der Waals surface area (Å²) in [5.41, 5.74) is 3.56. The molecular weight excluding hydrogens is 228 g/mol.